The maximum absolute atomic E-state index is 9.57. The monoisotopic (exact) mass is 555 g/mol. The number of H-pyrrole nitrogens is 1. The molecule has 1 aromatic heterocycles. The number of hydrogen-bond donors (Lipinski definition) is 1. The smallest absolute Gasteiger partial charge is 0.149 e. The lowest BCUT2D eigenvalue weighted by atomic mass is 10.1. The summed E-state index contributed by atoms with van der Waals surface area (Å²) in [5.41, 5.74) is 3.22. The first-order valence-corrected chi connectivity index (χ1v) is 9.86. The van der Waals surface area contributed by atoms with Gasteiger partial charge in [0, 0.05) is 0 Å². The van der Waals surface area contributed by atoms with Gasteiger partial charge in [0.05, 0.1) is 29.9 Å². The van der Waals surface area contributed by atoms with E-state index in [-0.39, 0.29) is 6.10 Å². The van der Waals surface area contributed by atoms with Crippen molar-refractivity contribution in [2.24, 2.45) is 0 Å². The van der Waals surface area contributed by atoms with E-state index >= 15 is 0 Å². The number of imidazole rings is 1. The van der Waals surface area contributed by atoms with E-state index in [1.54, 1.807) is 0 Å². The van der Waals surface area contributed by atoms with E-state index < -0.39 is 0 Å². The number of rotatable bonds is 4. The fourth-order valence-corrected chi connectivity index (χ4v) is 4.48. The molecule has 0 aliphatic heterocycles. The van der Waals surface area contributed by atoms with Crippen LogP contribution in [0.1, 0.15) is 25.2 Å². The van der Waals surface area contributed by atoms with Crippen LogP contribution in [0.15, 0.2) is 36.4 Å². The average Bonchev–Trinajstić information content (AvgIpc) is 2.99. The van der Waals surface area contributed by atoms with Gasteiger partial charge in [0.25, 0.3) is 0 Å². The predicted molar refractivity (Wildman–Crippen MR) is 117 cm³/mol. The Morgan fingerprint density at radius 1 is 1.24 bits per heavy atom. The van der Waals surface area contributed by atoms with Crippen molar-refractivity contribution in [3.63, 3.8) is 0 Å². The molecule has 3 aromatic rings. The minimum Gasteiger partial charge on any atom is -0.489 e. The normalized spacial score (nSPS) is 11.8. The maximum atomic E-state index is 9.57. The zero-order valence-corrected chi connectivity index (χ0v) is 18.0. The molecule has 0 saturated carbocycles. The van der Waals surface area contributed by atoms with Gasteiger partial charge < -0.3 is 9.72 Å². The average molecular weight is 555 g/mol. The van der Waals surface area contributed by atoms with E-state index in [0.29, 0.717) is 11.4 Å². The summed E-state index contributed by atoms with van der Waals surface area (Å²) in [6.45, 7) is 4.02. The van der Waals surface area contributed by atoms with E-state index in [1.165, 1.54) is 0 Å². The molecule has 0 fully saturated rings. The Morgan fingerprint density at radius 3 is 2.52 bits per heavy atom. The summed E-state index contributed by atoms with van der Waals surface area (Å²) in [4.78, 5) is 7.71. The number of nitrogens with zero attached hydrogens (tertiary/aromatic N) is 2. The minimum absolute atomic E-state index is 0.119. The largest absolute Gasteiger partial charge is 0.489 e. The molecule has 0 atom stereocenters. The molecule has 126 valence electrons. The van der Waals surface area contributed by atoms with Crippen LogP contribution in [0.3, 0.4) is 0 Å². The van der Waals surface area contributed by atoms with Crippen LogP contribution in [0.2, 0.25) is 0 Å². The van der Waals surface area contributed by atoms with Gasteiger partial charge in [-0.2, -0.15) is 5.26 Å². The highest BCUT2D eigenvalue weighted by Gasteiger charge is 2.12. The van der Waals surface area contributed by atoms with Crippen molar-refractivity contribution in [1.29, 1.82) is 5.26 Å². The number of hydrogen-bond acceptors (Lipinski definition) is 3. The number of ether oxygens (including phenoxy) is 1. The molecule has 0 amide bonds. The molecule has 3 rings (SSSR count). The fourth-order valence-electron chi connectivity index (χ4n) is 2.41. The third-order valence-corrected chi connectivity index (χ3v) is 5.05. The van der Waals surface area contributed by atoms with Gasteiger partial charge in [0.1, 0.15) is 17.6 Å². The summed E-state index contributed by atoms with van der Waals surface area (Å²) >= 11 is 4.53. The van der Waals surface area contributed by atoms with E-state index in [2.05, 4.69) is 61.2 Å². The lowest BCUT2D eigenvalue weighted by molar-refractivity contribution is 0.239. The summed E-state index contributed by atoms with van der Waals surface area (Å²) in [6.07, 6.45) is 1.97. The number of aromatic amines is 1. The molecule has 1 heterocycles. The molecule has 0 spiro atoms. The second-order valence-corrected chi connectivity index (χ2v) is 8.08. The summed E-state index contributed by atoms with van der Waals surface area (Å²) in [6, 6.07) is 14.0. The molecular formula is C19H15I2N3O. The minimum atomic E-state index is 0.119. The summed E-state index contributed by atoms with van der Waals surface area (Å²) < 4.78 is 7.91. The predicted octanol–water partition coefficient (Wildman–Crippen LogP) is 5.62. The van der Waals surface area contributed by atoms with Gasteiger partial charge >= 0.3 is 0 Å². The summed E-state index contributed by atoms with van der Waals surface area (Å²) in [5.74, 6) is 1.46. The third kappa shape index (κ3) is 4.15. The quantitative estimate of drug-likeness (QED) is 0.336. The first-order valence-electron chi connectivity index (χ1n) is 7.70. The van der Waals surface area contributed by atoms with Crippen LogP contribution in [-0.4, -0.2) is 16.1 Å². The van der Waals surface area contributed by atoms with E-state index in [9.17, 15) is 5.26 Å². The van der Waals surface area contributed by atoms with Crippen molar-refractivity contribution in [2.75, 3.05) is 0 Å². The highest BCUT2D eigenvalue weighted by Crippen LogP contribution is 2.31. The fraction of sp³-hybridized carbons (Fsp3) is 0.158. The molecule has 6 heteroatoms. The first kappa shape index (κ1) is 18.2. The van der Waals surface area contributed by atoms with Crippen LogP contribution >= 0.6 is 45.2 Å². The van der Waals surface area contributed by atoms with Gasteiger partial charge in [-0.05, 0) is 94.9 Å². The molecule has 0 saturated heterocycles. The number of fused-ring (bicyclic) bond motifs is 1. The molecule has 0 radical (unpaired) electrons. The topological polar surface area (TPSA) is 61.7 Å². The number of halogens is 2. The Bertz CT molecular complexity index is 943. The standard InChI is InChI=1S/C19H15I2N3O/c1-11(2)25-18-14(20)8-12(9-15(18)21)7-13(10-22)19-23-16-5-3-4-6-17(16)24-19/h3-9,11H,1-2H3,(H,23,24)/b13-7-. The number of para-hydroxylation sites is 2. The second-order valence-electron chi connectivity index (χ2n) is 5.75. The first-order chi connectivity index (χ1) is 12.0. The Morgan fingerprint density at radius 2 is 1.92 bits per heavy atom. The van der Waals surface area contributed by atoms with Crippen LogP contribution in [0.4, 0.5) is 0 Å². The van der Waals surface area contributed by atoms with Crippen molar-refractivity contribution in [1.82, 2.24) is 9.97 Å². The molecular weight excluding hydrogens is 540 g/mol. The Kier molecular flexibility index (Phi) is 5.64. The van der Waals surface area contributed by atoms with Crippen LogP contribution in [-0.2, 0) is 0 Å². The number of aromatic nitrogens is 2. The summed E-state index contributed by atoms with van der Waals surface area (Å²) in [5, 5.41) is 9.57. The molecule has 4 nitrogen and oxygen atoms in total. The van der Waals surface area contributed by atoms with Gasteiger partial charge in [0.2, 0.25) is 0 Å². The highest BCUT2D eigenvalue weighted by atomic mass is 127. The maximum Gasteiger partial charge on any atom is 0.149 e. The van der Waals surface area contributed by atoms with Gasteiger partial charge in [-0.3, -0.25) is 0 Å². The molecule has 25 heavy (non-hydrogen) atoms. The van der Waals surface area contributed by atoms with Gasteiger partial charge in [-0.15, -0.1) is 0 Å². The van der Waals surface area contributed by atoms with Gasteiger partial charge in [-0.1, -0.05) is 12.1 Å². The molecule has 1 N–H and O–H groups in total. The molecule has 2 aromatic carbocycles. The molecule has 0 aliphatic rings. The number of nitriles is 1. The number of benzene rings is 2. The van der Waals surface area contributed by atoms with Crippen molar-refractivity contribution < 1.29 is 4.74 Å². The van der Waals surface area contributed by atoms with E-state index in [1.807, 2.05) is 56.3 Å². The molecule has 0 unspecified atom stereocenters. The SMILES string of the molecule is CC(C)Oc1c(I)cc(/C=C(/C#N)c2nc3ccccc3[nH]2)cc1I. The Labute approximate surface area is 173 Å². The molecule has 0 aliphatic carbocycles. The Hall–Kier alpha value is -1.60. The van der Waals surface area contributed by atoms with Crippen LogP contribution < -0.4 is 4.74 Å². The van der Waals surface area contributed by atoms with Gasteiger partial charge in [-0.25, -0.2) is 4.98 Å². The van der Waals surface area contributed by atoms with Crippen LogP contribution in [0.5, 0.6) is 5.75 Å². The third-order valence-electron chi connectivity index (χ3n) is 3.45. The Balaban J connectivity index is 2.01. The molecule has 0 bridgehead atoms. The number of nitrogens with one attached hydrogen (secondary N) is 1. The van der Waals surface area contributed by atoms with Crippen LogP contribution in [0, 0.1) is 18.5 Å². The van der Waals surface area contributed by atoms with Gasteiger partial charge in [0.15, 0.2) is 0 Å². The zero-order chi connectivity index (χ0) is 18.0. The van der Waals surface area contributed by atoms with Crippen molar-refractivity contribution in [3.05, 3.63) is 54.9 Å². The zero-order valence-electron chi connectivity index (χ0n) is 13.7. The summed E-state index contributed by atoms with van der Waals surface area (Å²) in [7, 11) is 0. The van der Waals surface area contributed by atoms with Crippen molar-refractivity contribution >= 4 is 67.9 Å². The van der Waals surface area contributed by atoms with Crippen molar-refractivity contribution in [3.8, 4) is 11.8 Å². The van der Waals surface area contributed by atoms with Crippen LogP contribution in [0.25, 0.3) is 22.7 Å². The van der Waals surface area contributed by atoms with Crippen molar-refractivity contribution in [2.45, 2.75) is 20.0 Å². The number of allylic oxidation sites excluding steroid dienone is 1. The second kappa shape index (κ2) is 7.74. The lowest BCUT2D eigenvalue weighted by Crippen LogP contribution is -2.08. The lowest BCUT2D eigenvalue weighted by Gasteiger charge is -2.14. The highest BCUT2D eigenvalue weighted by molar-refractivity contribution is 14.1. The van der Waals surface area contributed by atoms with E-state index in [4.69, 9.17) is 4.74 Å². The van der Waals surface area contributed by atoms with E-state index in [0.717, 1.165) is 29.5 Å².